The first-order valence-corrected chi connectivity index (χ1v) is 7.78. The SMILES string of the molecule is COc1ccc(OC)c(C(CN)N(CC(C)C)C2CC2)c1. The van der Waals surface area contributed by atoms with Gasteiger partial charge < -0.3 is 15.2 Å². The predicted octanol–water partition coefficient (Wildman–Crippen LogP) is 2.82. The van der Waals surface area contributed by atoms with E-state index in [0.717, 1.165) is 23.6 Å². The highest BCUT2D eigenvalue weighted by Gasteiger charge is 2.35. The summed E-state index contributed by atoms with van der Waals surface area (Å²) in [6.07, 6.45) is 2.55. The standard InChI is InChI=1S/C17H28N2O2/c1-12(2)11-19(13-5-6-13)16(10-18)15-9-14(20-3)7-8-17(15)21-4/h7-9,12-13,16H,5-6,10-11,18H2,1-4H3. The molecule has 1 unspecified atom stereocenters. The van der Waals surface area contributed by atoms with E-state index < -0.39 is 0 Å². The molecule has 1 aliphatic carbocycles. The van der Waals surface area contributed by atoms with Crippen LogP contribution >= 0.6 is 0 Å². The third-order valence-electron chi connectivity index (χ3n) is 4.01. The second-order valence-electron chi connectivity index (χ2n) is 6.18. The van der Waals surface area contributed by atoms with E-state index in [1.54, 1.807) is 14.2 Å². The largest absolute Gasteiger partial charge is 0.497 e. The van der Waals surface area contributed by atoms with Crippen molar-refractivity contribution in [1.29, 1.82) is 0 Å². The van der Waals surface area contributed by atoms with Crippen molar-refractivity contribution < 1.29 is 9.47 Å². The van der Waals surface area contributed by atoms with Gasteiger partial charge in [0.2, 0.25) is 0 Å². The zero-order valence-electron chi connectivity index (χ0n) is 13.6. The van der Waals surface area contributed by atoms with E-state index in [0.29, 0.717) is 18.5 Å². The van der Waals surface area contributed by atoms with Crippen molar-refractivity contribution in [3.05, 3.63) is 23.8 Å². The minimum atomic E-state index is 0.185. The smallest absolute Gasteiger partial charge is 0.123 e. The molecule has 0 spiro atoms. The topological polar surface area (TPSA) is 47.7 Å². The first-order chi connectivity index (χ1) is 10.1. The molecule has 1 aromatic rings. The molecule has 4 heteroatoms. The summed E-state index contributed by atoms with van der Waals surface area (Å²) in [5, 5.41) is 0. The molecule has 0 amide bonds. The highest BCUT2D eigenvalue weighted by Crippen LogP contribution is 2.38. The van der Waals surface area contributed by atoms with Gasteiger partial charge in [0.05, 0.1) is 20.3 Å². The van der Waals surface area contributed by atoms with Crippen molar-refractivity contribution in [2.75, 3.05) is 27.3 Å². The van der Waals surface area contributed by atoms with Gasteiger partial charge in [-0.15, -0.1) is 0 Å². The lowest BCUT2D eigenvalue weighted by molar-refractivity contribution is 0.166. The fourth-order valence-corrected chi connectivity index (χ4v) is 2.90. The van der Waals surface area contributed by atoms with Crippen molar-refractivity contribution in [3.63, 3.8) is 0 Å². The molecule has 1 fully saturated rings. The Hall–Kier alpha value is -1.26. The monoisotopic (exact) mass is 292 g/mol. The normalized spacial score (nSPS) is 16.3. The molecule has 2 N–H and O–H groups in total. The Labute approximate surface area is 128 Å². The molecule has 0 saturated heterocycles. The Morgan fingerprint density at radius 2 is 1.95 bits per heavy atom. The van der Waals surface area contributed by atoms with Gasteiger partial charge in [0, 0.05) is 24.7 Å². The molecular weight excluding hydrogens is 264 g/mol. The zero-order chi connectivity index (χ0) is 15.4. The zero-order valence-corrected chi connectivity index (χ0v) is 13.6. The van der Waals surface area contributed by atoms with Gasteiger partial charge in [-0.05, 0) is 37.0 Å². The second-order valence-corrected chi connectivity index (χ2v) is 6.18. The molecule has 0 radical (unpaired) electrons. The van der Waals surface area contributed by atoms with Gasteiger partial charge in [-0.25, -0.2) is 0 Å². The Morgan fingerprint density at radius 3 is 2.43 bits per heavy atom. The maximum atomic E-state index is 6.12. The van der Waals surface area contributed by atoms with Gasteiger partial charge in [-0.1, -0.05) is 13.8 Å². The molecule has 2 rings (SSSR count). The lowest BCUT2D eigenvalue weighted by Gasteiger charge is -2.33. The molecule has 0 aromatic heterocycles. The summed E-state index contributed by atoms with van der Waals surface area (Å²) in [6.45, 7) is 6.16. The number of nitrogens with two attached hydrogens (primary N) is 1. The molecule has 1 aromatic carbocycles. The van der Waals surface area contributed by atoms with Crippen LogP contribution in [0.25, 0.3) is 0 Å². The Morgan fingerprint density at radius 1 is 1.24 bits per heavy atom. The third-order valence-corrected chi connectivity index (χ3v) is 4.01. The van der Waals surface area contributed by atoms with E-state index in [1.807, 2.05) is 12.1 Å². The maximum absolute atomic E-state index is 6.12. The fourth-order valence-electron chi connectivity index (χ4n) is 2.90. The van der Waals surface area contributed by atoms with E-state index in [9.17, 15) is 0 Å². The number of methoxy groups -OCH3 is 2. The first kappa shape index (κ1) is 16.1. The fraction of sp³-hybridized carbons (Fsp3) is 0.647. The summed E-state index contributed by atoms with van der Waals surface area (Å²) in [5.41, 5.74) is 7.26. The van der Waals surface area contributed by atoms with Gasteiger partial charge in [0.1, 0.15) is 11.5 Å². The Kier molecular flexibility index (Phi) is 5.48. The molecule has 0 aliphatic heterocycles. The van der Waals surface area contributed by atoms with Crippen LogP contribution in [0.15, 0.2) is 18.2 Å². The Balaban J connectivity index is 2.33. The highest BCUT2D eigenvalue weighted by molar-refractivity contribution is 5.42. The van der Waals surface area contributed by atoms with E-state index in [2.05, 4.69) is 24.8 Å². The predicted molar refractivity (Wildman–Crippen MR) is 85.9 cm³/mol. The number of hydrogen-bond acceptors (Lipinski definition) is 4. The molecule has 0 bridgehead atoms. The van der Waals surface area contributed by atoms with Crippen LogP contribution in [0, 0.1) is 5.92 Å². The minimum Gasteiger partial charge on any atom is -0.497 e. The summed E-state index contributed by atoms with van der Waals surface area (Å²) >= 11 is 0. The van der Waals surface area contributed by atoms with E-state index in [1.165, 1.54) is 12.8 Å². The number of hydrogen-bond donors (Lipinski definition) is 1. The molecule has 0 heterocycles. The summed E-state index contributed by atoms with van der Waals surface area (Å²) in [6, 6.07) is 6.81. The van der Waals surface area contributed by atoms with Crippen molar-refractivity contribution in [2.45, 2.75) is 38.8 Å². The lowest BCUT2D eigenvalue weighted by Crippen LogP contribution is -2.38. The van der Waals surface area contributed by atoms with E-state index in [4.69, 9.17) is 15.2 Å². The first-order valence-electron chi connectivity index (χ1n) is 7.78. The van der Waals surface area contributed by atoms with Gasteiger partial charge in [-0.3, -0.25) is 4.90 Å². The summed E-state index contributed by atoms with van der Waals surface area (Å²) < 4.78 is 10.9. The molecule has 1 saturated carbocycles. The summed E-state index contributed by atoms with van der Waals surface area (Å²) in [4.78, 5) is 2.54. The van der Waals surface area contributed by atoms with Crippen LogP contribution in [0.4, 0.5) is 0 Å². The van der Waals surface area contributed by atoms with Crippen LogP contribution in [0.5, 0.6) is 11.5 Å². The van der Waals surface area contributed by atoms with Crippen LogP contribution in [0.3, 0.4) is 0 Å². The Bertz CT molecular complexity index is 458. The minimum absolute atomic E-state index is 0.185. The molecule has 21 heavy (non-hydrogen) atoms. The maximum Gasteiger partial charge on any atom is 0.123 e. The third kappa shape index (κ3) is 3.89. The summed E-state index contributed by atoms with van der Waals surface area (Å²) in [5.74, 6) is 2.36. The number of ether oxygens (including phenoxy) is 2. The second kappa shape index (κ2) is 7.14. The van der Waals surface area contributed by atoms with Crippen LogP contribution in [-0.2, 0) is 0 Å². The molecular formula is C17H28N2O2. The van der Waals surface area contributed by atoms with Crippen molar-refractivity contribution in [2.24, 2.45) is 11.7 Å². The van der Waals surface area contributed by atoms with E-state index in [-0.39, 0.29) is 6.04 Å². The van der Waals surface area contributed by atoms with Crippen LogP contribution < -0.4 is 15.2 Å². The average molecular weight is 292 g/mol. The average Bonchev–Trinajstić information content (AvgIpc) is 3.31. The van der Waals surface area contributed by atoms with Crippen LogP contribution in [-0.4, -0.2) is 38.3 Å². The lowest BCUT2D eigenvalue weighted by atomic mass is 10.0. The van der Waals surface area contributed by atoms with Crippen molar-refractivity contribution in [1.82, 2.24) is 4.90 Å². The van der Waals surface area contributed by atoms with Crippen molar-refractivity contribution >= 4 is 0 Å². The molecule has 1 aliphatic rings. The molecule has 1 atom stereocenters. The van der Waals surface area contributed by atoms with Gasteiger partial charge >= 0.3 is 0 Å². The summed E-state index contributed by atoms with van der Waals surface area (Å²) in [7, 11) is 3.40. The van der Waals surface area contributed by atoms with Gasteiger partial charge in [0.25, 0.3) is 0 Å². The quantitative estimate of drug-likeness (QED) is 0.800. The van der Waals surface area contributed by atoms with Crippen LogP contribution in [0.2, 0.25) is 0 Å². The van der Waals surface area contributed by atoms with Crippen molar-refractivity contribution in [3.8, 4) is 11.5 Å². The van der Waals surface area contributed by atoms with E-state index >= 15 is 0 Å². The number of rotatable bonds is 8. The molecule has 118 valence electrons. The van der Waals surface area contributed by atoms with Gasteiger partial charge in [0.15, 0.2) is 0 Å². The van der Waals surface area contributed by atoms with Crippen LogP contribution in [0.1, 0.15) is 38.3 Å². The van der Waals surface area contributed by atoms with Gasteiger partial charge in [-0.2, -0.15) is 0 Å². The highest BCUT2D eigenvalue weighted by atomic mass is 16.5. The number of nitrogens with zero attached hydrogens (tertiary/aromatic N) is 1. The molecule has 4 nitrogen and oxygen atoms in total. The number of benzene rings is 1.